The summed E-state index contributed by atoms with van der Waals surface area (Å²) < 4.78 is 97.4. The number of carbonyl (C=O) groups is 1. The van der Waals surface area contributed by atoms with Gasteiger partial charge in [-0.05, 0) is 35.4 Å². The minimum atomic E-state index is -3.70. The van der Waals surface area contributed by atoms with Gasteiger partial charge in [0.1, 0.15) is 34.0 Å². The minimum Gasteiger partial charge on any atom is -0.332 e. The highest BCUT2D eigenvalue weighted by Gasteiger charge is 2.64. The van der Waals surface area contributed by atoms with Crippen LogP contribution in [0.4, 0.5) is 22.0 Å². The van der Waals surface area contributed by atoms with E-state index < -0.39 is 67.4 Å². The summed E-state index contributed by atoms with van der Waals surface area (Å²) in [5.74, 6) is -4.91. The molecule has 0 unspecified atom stereocenters. The number of halogens is 6. The van der Waals surface area contributed by atoms with Crippen LogP contribution in [0.1, 0.15) is 12.0 Å². The van der Waals surface area contributed by atoms with Gasteiger partial charge in [-0.1, -0.05) is 28.1 Å². The summed E-state index contributed by atoms with van der Waals surface area (Å²) in [6.07, 6.45) is -1.83. The van der Waals surface area contributed by atoms with Crippen LogP contribution in [0.15, 0.2) is 36.4 Å². The van der Waals surface area contributed by atoms with Gasteiger partial charge in [-0.25, -0.2) is 35.1 Å². The number of nitrogens with zero attached hydrogens (tertiary/aromatic N) is 1. The van der Waals surface area contributed by atoms with Crippen molar-refractivity contribution in [2.24, 2.45) is 5.92 Å². The van der Waals surface area contributed by atoms with Gasteiger partial charge in [0.25, 0.3) is 0 Å². The lowest BCUT2D eigenvalue weighted by Crippen LogP contribution is -2.64. The maximum absolute atomic E-state index is 15.8. The Labute approximate surface area is 195 Å². The molecular weight excluding hydrogens is 535 g/mol. The maximum Gasteiger partial charge on any atom is 0.229 e. The molecule has 1 amide bonds. The van der Waals surface area contributed by atoms with Crippen LogP contribution in [-0.2, 0) is 20.5 Å². The normalized spacial score (nSPS) is 26.7. The summed E-state index contributed by atoms with van der Waals surface area (Å²) in [7, 11) is -3.70. The summed E-state index contributed by atoms with van der Waals surface area (Å²) in [6, 6.07) is 4.69. The number of hydrogen-bond acceptors (Lipinski definition) is 3. The molecule has 178 valence electrons. The van der Waals surface area contributed by atoms with E-state index in [9.17, 15) is 30.8 Å². The second kappa shape index (κ2) is 8.62. The highest BCUT2D eigenvalue weighted by Crippen LogP contribution is 2.59. The standard InChI is InChI=1S/C21H18BrF5N2O3S/c22-10-33(31,32)28-8-18-17(26)9-29(18)20(30)14-7-21(14,27)13-5-4-11(23)6-12(13)19-15(24)2-1-3-16(19)25/h1-6,14,17-18,28H,7-10H2/t14-,17+,18+,21+/m0/s1. The molecular formula is C21H18BrF5N2O3S. The zero-order valence-corrected chi connectivity index (χ0v) is 19.3. The van der Waals surface area contributed by atoms with Gasteiger partial charge in [0.2, 0.25) is 15.9 Å². The molecule has 1 aliphatic heterocycles. The molecule has 1 saturated carbocycles. The Morgan fingerprint density at radius 1 is 1.18 bits per heavy atom. The molecule has 4 atom stereocenters. The number of benzene rings is 2. The van der Waals surface area contributed by atoms with Crippen molar-refractivity contribution in [3.8, 4) is 11.1 Å². The minimum absolute atomic E-state index is 0.250. The highest BCUT2D eigenvalue weighted by molar-refractivity contribution is 9.10. The number of hydrogen-bond donors (Lipinski definition) is 1. The molecule has 4 rings (SSSR count). The average Bonchev–Trinajstić information content (AvgIpc) is 3.44. The second-order valence-corrected chi connectivity index (χ2v) is 11.2. The van der Waals surface area contributed by atoms with Crippen LogP contribution in [0.5, 0.6) is 0 Å². The van der Waals surface area contributed by atoms with Crippen LogP contribution in [0.2, 0.25) is 0 Å². The van der Waals surface area contributed by atoms with E-state index in [1.165, 1.54) is 0 Å². The Morgan fingerprint density at radius 3 is 2.45 bits per heavy atom. The molecule has 0 spiro atoms. The number of likely N-dealkylation sites (tertiary alicyclic amines) is 1. The molecule has 5 nitrogen and oxygen atoms in total. The Balaban J connectivity index is 1.59. The molecule has 0 bridgehead atoms. The van der Waals surface area contributed by atoms with Crippen molar-refractivity contribution in [1.29, 1.82) is 0 Å². The first-order chi connectivity index (χ1) is 15.5. The van der Waals surface area contributed by atoms with Crippen molar-refractivity contribution in [1.82, 2.24) is 9.62 Å². The molecule has 1 saturated heterocycles. The summed E-state index contributed by atoms with van der Waals surface area (Å²) >= 11 is 2.78. The number of sulfonamides is 1. The molecule has 0 aromatic heterocycles. The number of nitrogens with one attached hydrogen (secondary N) is 1. The topological polar surface area (TPSA) is 66.5 Å². The van der Waals surface area contributed by atoms with E-state index in [4.69, 9.17) is 0 Å². The Bertz CT molecular complexity index is 1190. The molecule has 33 heavy (non-hydrogen) atoms. The van der Waals surface area contributed by atoms with Gasteiger partial charge in [0.05, 0.1) is 24.1 Å². The molecule has 2 aliphatic rings. The molecule has 12 heteroatoms. The van der Waals surface area contributed by atoms with Crippen LogP contribution in [-0.4, -0.2) is 49.2 Å². The van der Waals surface area contributed by atoms with Gasteiger partial charge in [-0.15, -0.1) is 0 Å². The molecule has 0 radical (unpaired) electrons. The highest BCUT2D eigenvalue weighted by atomic mass is 79.9. The smallest absolute Gasteiger partial charge is 0.229 e. The zero-order valence-electron chi connectivity index (χ0n) is 16.9. The first kappa shape index (κ1) is 24.1. The average molecular weight is 553 g/mol. The Morgan fingerprint density at radius 2 is 1.85 bits per heavy atom. The van der Waals surface area contributed by atoms with E-state index in [2.05, 4.69) is 20.7 Å². The van der Waals surface area contributed by atoms with Gasteiger partial charge >= 0.3 is 0 Å². The molecule has 2 fully saturated rings. The van der Waals surface area contributed by atoms with E-state index in [0.717, 1.165) is 41.3 Å². The Kier molecular flexibility index (Phi) is 6.29. The Hall–Kier alpha value is -2.05. The van der Waals surface area contributed by atoms with Crippen LogP contribution < -0.4 is 4.72 Å². The number of rotatable bonds is 7. The maximum atomic E-state index is 15.8. The molecule has 2 aromatic rings. The van der Waals surface area contributed by atoms with Gasteiger partial charge < -0.3 is 4.90 Å². The van der Waals surface area contributed by atoms with Crippen LogP contribution >= 0.6 is 15.9 Å². The van der Waals surface area contributed by atoms with Crippen LogP contribution in [0.3, 0.4) is 0 Å². The monoisotopic (exact) mass is 552 g/mol. The van der Waals surface area contributed by atoms with E-state index in [1.807, 2.05) is 0 Å². The number of alkyl halides is 3. The van der Waals surface area contributed by atoms with Gasteiger partial charge in [0, 0.05) is 13.0 Å². The summed E-state index contributed by atoms with van der Waals surface area (Å²) in [5, 5.41) is 0. The van der Waals surface area contributed by atoms with Crippen LogP contribution in [0, 0.1) is 23.4 Å². The van der Waals surface area contributed by atoms with E-state index in [1.54, 1.807) is 0 Å². The van der Waals surface area contributed by atoms with Crippen LogP contribution in [0.25, 0.3) is 11.1 Å². The predicted octanol–water partition coefficient (Wildman–Crippen LogP) is 3.78. The third-order valence-electron chi connectivity index (χ3n) is 5.98. The lowest BCUT2D eigenvalue weighted by molar-refractivity contribution is -0.147. The van der Waals surface area contributed by atoms with E-state index in [-0.39, 0.29) is 30.6 Å². The molecule has 1 heterocycles. The third-order valence-corrected chi connectivity index (χ3v) is 8.68. The first-order valence-corrected chi connectivity index (χ1v) is 12.7. The lowest BCUT2D eigenvalue weighted by atomic mass is 9.92. The summed E-state index contributed by atoms with van der Waals surface area (Å²) in [4.78, 5) is 13.9. The predicted molar refractivity (Wildman–Crippen MR) is 114 cm³/mol. The van der Waals surface area contributed by atoms with Gasteiger partial charge in [-0.2, -0.15) is 0 Å². The van der Waals surface area contributed by atoms with Crippen molar-refractivity contribution in [2.75, 3.05) is 17.8 Å². The largest absolute Gasteiger partial charge is 0.332 e. The molecule has 2 aromatic carbocycles. The summed E-state index contributed by atoms with van der Waals surface area (Å²) in [6.45, 7) is -0.709. The molecule has 1 aliphatic carbocycles. The SMILES string of the molecule is O=C([C@@H]1C[C@@]1(F)c1ccc(F)cc1-c1c(F)cccc1F)N1C[C@@H](F)[C@H]1CNS(=O)(=O)CBr. The third kappa shape index (κ3) is 4.40. The number of carbonyl (C=O) groups excluding carboxylic acids is 1. The quantitative estimate of drug-likeness (QED) is 0.420. The van der Waals surface area contributed by atoms with E-state index in [0.29, 0.717) is 0 Å². The zero-order chi connectivity index (χ0) is 24.1. The van der Waals surface area contributed by atoms with Crippen molar-refractivity contribution in [3.05, 3.63) is 59.4 Å². The summed E-state index contributed by atoms with van der Waals surface area (Å²) in [5.41, 5.74) is -3.55. The van der Waals surface area contributed by atoms with E-state index >= 15 is 4.39 Å². The fraction of sp³-hybridized carbons (Fsp3) is 0.381. The van der Waals surface area contributed by atoms with Crippen molar-refractivity contribution < 1.29 is 35.2 Å². The van der Waals surface area contributed by atoms with Gasteiger partial charge in [0.15, 0.2) is 0 Å². The van der Waals surface area contributed by atoms with Crippen molar-refractivity contribution in [2.45, 2.75) is 24.3 Å². The fourth-order valence-electron chi connectivity index (χ4n) is 4.10. The second-order valence-electron chi connectivity index (χ2n) is 8.05. The number of amides is 1. The van der Waals surface area contributed by atoms with Crippen molar-refractivity contribution >= 4 is 31.9 Å². The first-order valence-electron chi connectivity index (χ1n) is 9.89. The fourth-order valence-corrected chi connectivity index (χ4v) is 5.09. The molecule has 1 N–H and O–H groups in total. The van der Waals surface area contributed by atoms with Gasteiger partial charge in [-0.3, -0.25) is 4.79 Å². The van der Waals surface area contributed by atoms with Crippen molar-refractivity contribution in [3.63, 3.8) is 0 Å². The lowest BCUT2D eigenvalue weighted by Gasteiger charge is -2.44.